The van der Waals surface area contributed by atoms with E-state index in [0.717, 1.165) is 17.2 Å². The number of aromatic hydroxyl groups is 1. The minimum Gasteiger partial charge on any atom is -0.507 e. The monoisotopic (exact) mass is 272 g/mol. The smallest absolute Gasteiger partial charge is 0.126 e. The van der Waals surface area contributed by atoms with E-state index < -0.39 is 11.4 Å². The summed E-state index contributed by atoms with van der Waals surface area (Å²) in [6.07, 6.45) is 3.34. The molecular formula is C17H17FO2. The maximum atomic E-state index is 13.0. The molecular weight excluding hydrogens is 255 g/mol. The second kappa shape index (κ2) is 5.47. The minimum atomic E-state index is -1.37. The van der Waals surface area contributed by atoms with Crippen molar-refractivity contribution in [1.82, 2.24) is 0 Å². The van der Waals surface area contributed by atoms with E-state index in [2.05, 4.69) is 0 Å². The first-order chi connectivity index (χ1) is 9.38. The molecule has 0 aliphatic rings. The Hall–Kier alpha value is -2.13. The van der Waals surface area contributed by atoms with Gasteiger partial charge in [-0.1, -0.05) is 35.9 Å². The number of phenolic OH excluding ortho intramolecular Hbond substituents is 1. The molecule has 0 aliphatic carbocycles. The molecule has 2 nitrogen and oxygen atoms in total. The van der Waals surface area contributed by atoms with Crippen molar-refractivity contribution in [2.75, 3.05) is 0 Å². The molecule has 0 amide bonds. The summed E-state index contributed by atoms with van der Waals surface area (Å²) < 4.78 is 13.0. The van der Waals surface area contributed by atoms with Crippen molar-refractivity contribution in [2.24, 2.45) is 0 Å². The number of aliphatic hydroxyl groups is 1. The van der Waals surface area contributed by atoms with Crippen LogP contribution in [-0.2, 0) is 5.60 Å². The fraction of sp³-hybridized carbons (Fsp3) is 0.176. The average molecular weight is 272 g/mol. The Bertz CT molecular complexity index is 628. The van der Waals surface area contributed by atoms with Crippen molar-refractivity contribution in [3.05, 3.63) is 71.0 Å². The van der Waals surface area contributed by atoms with Crippen LogP contribution in [0.25, 0.3) is 6.08 Å². The van der Waals surface area contributed by atoms with Gasteiger partial charge in [-0.05, 0) is 37.6 Å². The van der Waals surface area contributed by atoms with Gasteiger partial charge < -0.3 is 10.2 Å². The number of hydrogen-bond donors (Lipinski definition) is 2. The van der Waals surface area contributed by atoms with Crippen molar-refractivity contribution in [1.29, 1.82) is 0 Å². The Labute approximate surface area is 117 Å². The fourth-order valence-electron chi connectivity index (χ4n) is 1.96. The summed E-state index contributed by atoms with van der Waals surface area (Å²) in [5.74, 6) is -0.798. The highest BCUT2D eigenvalue weighted by Crippen LogP contribution is 2.31. The average Bonchev–Trinajstić information content (AvgIpc) is 2.37. The van der Waals surface area contributed by atoms with E-state index in [9.17, 15) is 14.6 Å². The summed E-state index contributed by atoms with van der Waals surface area (Å²) in [5, 5.41) is 20.1. The molecule has 0 spiro atoms. The number of halogens is 1. The lowest BCUT2D eigenvalue weighted by Gasteiger charge is -2.20. The van der Waals surface area contributed by atoms with Crippen LogP contribution in [0.15, 0.2) is 48.5 Å². The van der Waals surface area contributed by atoms with E-state index in [4.69, 9.17) is 0 Å². The maximum absolute atomic E-state index is 13.0. The van der Waals surface area contributed by atoms with Crippen LogP contribution in [0.5, 0.6) is 5.75 Å². The topological polar surface area (TPSA) is 40.5 Å². The summed E-state index contributed by atoms with van der Waals surface area (Å²) in [4.78, 5) is 0. The van der Waals surface area contributed by atoms with Gasteiger partial charge in [0.05, 0.1) is 0 Å². The van der Waals surface area contributed by atoms with Crippen molar-refractivity contribution < 1.29 is 14.6 Å². The van der Waals surface area contributed by atoms with Gasteiger partial charge in [0.25, 0.3) is 0 Å². The van der Waals surface area contributed by atoms with Crippen LogP contribution in [0.3, 0.4) is 0 Å². The number of aryl methyl sites for hydroxylation is 1. The number of phenols is 1. The minimum absolute atomic E-state index is 0.261. The Morgan fingerprint density at radius 1 is 1.10 bits per heavy atom. The summed E-state index contributed by atoms with van der Waals surface area (Å²) in [5.41, 5.74) is 0.993. The van der Waals surface area contributed by atoms with Gasteiger partial charge in [-0.25, -0.2) is 4.39 Å². The molecule has 3 heteroatoms. The largest absolute Gasteiger partial charge is 0.507 e. The summed E-state index contributed by atoms with van der Waals surface area (Å²) >= 11 is 0. The Morgan fingerprint density at radius 3 is 2.35 bits per heavy atom. The molecule has 2 rings (SSSR count). The standard InChI is InChI=1S/C17H17FO2/c1-12-3-5-13(6-4-12)9-10-17(2,20)15-8-7-14(18)11-16(15)19/h3-11,19-20H,1-2H3/b10-9+. The van der Waals surface area contributed by atoms with E-state index >= 15 is 0 Å². The molecule has 1 unspecified atom stereocenters. The van der Waals surface area contributed by atoms with Gasteiger partial charge in [0.2, 0.25) is 0 Å². The van der Waals surface area contributed by atoms with Crippen LogP contribution in [-0.4, -0.2) is 10.2 Å². The second-order valence-corrected chi connectivity index (χ2v) is 5.05. The summed E-state index contributed by atoms with van der Waals surface area (Å²) in [6.45, 7) is 3.55. The van der Waals surface area contributed by atoms with Gasteiger partial charge >= 0.3 is 0 Å². The van der Waals surface area contributed by atoms with E-state index in [1.807, 2.05) is 31.2 Å². The van der Waals surface area contributed by atoms with Crippen molar-refractivity contribution in [3.8, 4) is 5.75 Å². The Balaban J connectivity index is 2.28. The van der Waals surface area contributed by atoms with Gasteiger partial charge in [0.1, 0.15) is 17.2 Å². The van der Waals surface area contributed by atoms with Crippen molar-refractivity contribution >= 4 is 6.08 Å². The van der Waals surface area contributed by atoms with E-state index in [0.29, 0.717) is 0 Å². The van der Waals surface area contributed by atoms with Crippen molar-refractivity contribution in [3.63, 3.8) is 0 Å². The molecule has 0 aromatic heterocycles. The predicted molar refractivity (Wildman–Crippen MR) is 77.8 cm³/mol. The Morgan fingerprint density at radius 2 is 1.75 bits per heavy atom. The van der Waals surface area contributed by atoms with Crippen molar-refractivity contribution in [2.45, 2.75) is 19.4 Å². The zero-order chi connectivity index (χ0) is 14.8. The molecule has 0 saturated heterocycles. The van der Waals surface area contributed by atoms with Crippen LogP contribution in [0, 0.1) is 12.7 Å². The SMILES string of the molecule is Cc1ccc(/C=C/C(C)(O)c2ccc(F)cc2O)cc1. The molecule has 0 radical (unpaired) electrons. The summed E-state index contributed by atoms with van der Waals surface area (Å²) in [7, 11) is 0. The number of hydrogen-bond acceptors (Lipinski definition) is 2. The van der Waals surface area contributed by atoms with Gasteiger partial charge in [-0.3, -0.25) is 0 Å². The number of rotatable bonds is 3. The molecule has 0 fully saturated rings. The molecule has 2 aromatic rings. The van der Waals surface area contributed by atoms with E-state index in [1.54, 1.807) is 19.1 Å². The molecule has 104 valence electrons. The highest BCUT2D eigenvalue weighted by molar-refractivity contribution is 5.53. The third-order valence-corrected chi connectivity index (χ3v) is 3.18. The quantitative estimate of drug-likeness (QED) is 0.893. The summed E-state index contributed by atoms with van der Waals surface area (Å²) in [6, 6.07) is 11.4. The molecule has 2 N–H and O–H groups in total. The lowest BCUT2D eigenvalue weighted by Crippen LogP contribution is -2.17. The molecule has 0 heterocycles. The first-order valence-corrected chi connectivity index (χ1v) is 6.36. The lowest BCUT2D eigenvalue weighted by molar-refractivity contribution is 0.109. The zero-order valence-electron chi connectivity index (χ0n) is 11.5. The maximum Gasteiger partial charge on any atom is 0.126 e. The highest BCUT2D eigenvalue weighted by Gasteiger charge is 2.23. The van der Waals surface area contributed by atoms with Gasteiger partial charge in [-0.15, -0.1) is 0 Å². The highest BCUT2D eigenvalue weighted by atomic mass is 19.1. The number of benzene rings is 2. The normalized spacial score (nSPS) is 14.4. The van der Waals surface area contributed by atoms with Crippen LogP contribution < -0.4 is 0 Å². The lowest BCUT2D eigenvalue weighted by atomic mass is 9.93. The Kier molecular flexibility index (Phi) is 3.91. The molecule has 0 aliphatic heterocycles. The van der Waals surface area contributed by atoms with Crippen LogP contribution in [0.1, 0.15) is 23.6 Å². The molecule has 2 aromatic carbocycles. The second-order valence-electron chi connectivity index (χ2n) is 5.05. The van der Waals surface area contributed by atoms with Gasteiger partial charge in [0.15, 0.2) is 0 Å². The third kappa shape index (κ3) is 3.25. The van der Waals surface area contributed by atoms with Crippen LogP contribution >= 0.6 is 0 Å². The molecule has 1 atom stereocenters. The first kappa shape index (κ1) is 14.3. The fourth-order valence-corrected chi connectivity index (χ4v) is 1.96. The molecule has 0 saturated carbocycles. The molecule has 0 bridgehead atoms. The van der Waals surface area contributed by atoms with E-state index in [-0.39, 0.29) is 11.3 Å². The first-order valence-electron chi connectivity index (χ1n) is 6.36. The van der Waals surface area contributed by atoms with E-state index in [1.165, 1.54) is 12.1 Å². The predicted octanol–water partition coefficient (Wildman–Crippen LogP) is 3.76. The van der Waals surface area contributed by atoms with Gasteiger partial charge in [-0.2, -0.15) is 0 Å². The van der Waals surface area contributed by atoms with Gasteiger partial charge in [0, 0.05) is 11.6 Å². The van der Waals surface area contributed by atoms with Crippen LogP contribution in [0.4, 0.5) is 4.39 Å². The third-order valence-electron chi connectivity index (χ3n) is 3.18. The zero-order valence-corrected chi connectivity index (χ0v) is 11.5. The molecule has 20 heavy (non-hydrogen) atoms. The van der Waals surface area contributed by atoms with Crippen LogP contribution in [0.2, 0.25) is 0 Å².